The van der Waals surface area contributed by atoms with Crippen LogP contribution in [0.3, 0.4) is 0 Å². The molecule has 0 radical (unpaired) electrons. The van der Waals surface area contributed by atoms with Crippen molar-refractivity contribution in [2.75, 3.05) is 24.2 Å². The van der Waals surface area contributed by atoms with E-state index in [1.807, 2.05) is 36.1 Å². The molecule has 29 heavy (non-hydrogen) atoms. The Balaban J connectivity index is 1.88. The molecule has 1 N–H and O–H groups in total. The molecule has 0 bridgehead atoms. The Labute approximate surface area is 171 Å². The van der Waals surface area contributed by atoms with Gasteiger partial charge in [0.2, 0.25) is 10.0 Å². The maximum atomic E-state index is 12.3. The lowest BCUT2D eigenvalue weighted by atomic mass is 10.1. The second-order valence-electron chi connectivity index (χ2n) is 7.39. The van der Waals surface area contributed by atoms with Crippen molar-refractivity contribution in [3.05, 3.63) is 53.0 Å². The number of hydrogen-bond donors (Lipinski definition) is 1. The van der Waals surface area contributed by atoms with Crippen molar-refractivity contribution in [1.82, 2.24) is 14.3 Å². The van der Waals surface area contributed by atoms with E-state index >= 15 is 0 Å². The molecular formula is C20H26N4O4S. The van der Waals surface area contributed by atoms with E-state index in [1.165, 1.54) is 10.5 Å². The first-order valence-corrected chi connectivity index (χ1v) is 11.4. The van der Waals surface area contributed by atoms with E-state index in [2.05, 4.69) is 9.97 Å². The van der Waals surface area contributed by atoms with Crippen molar-refractivity contribution in [3.8, 4) is 0 Å². The molecule has 0 unspecified atom stereocenters. The van der Waals surface area contributed by atoms with Crippen LogP contribution in [0, 0.1) is 6.92 Å². The first-order valence-electron chi connectivity index (χ1n) is 9.59. The highest BCUT2D eigenvalue weighted by Crippen LogP contribution is 2.23. The third-order valence-corrected chi connectivity index (χ3v) is 6.17. The summed E-state index contributed by atoms with van der Waals surface area (Å²) in [5, 5.41) is 9.50. The second kappa shape index (κ2) is 8.87. The number of aromatic nitrogens is 2. The fraction of sp³-hybridized carbons (Fsp3) is 0.450. The molecule has 1 saturated heterocycles. The number of anilines is 1. The van der Waals surface area contributed by atoms with Crippen LogP contribution >= 0.6 is 0 Å². The minimum absolute atomic E-state index is 0.0204. The number of benzene rings is 1. The molecule has 156 valence electrons. The summed E-state index contributed by atoms with van der Waals surface area (Å²) in [6, 6.07) is 7.65. The standard InChI is InChI=1S/C20H26N4O4S/c1-15-6-8-16(9-7-15)13-24(29(2,27)28)14-18-21-12-17(20(25)26)19(22-18)23-10-4-3-5-11-23/h6-9,12H,3-5,10-11,13-14H2,1-2H3,(H,25,26). The van der Waals surface area contributed by atoms with Gasteiger partial charge in [-0.05, 0) is 31.7 Å². The Morgan fingerprint density at radius 2 is 1.79 bits per heavy atom. The summed E-state index contributed by atoms with van der Waals surface area (Å²) >= 11 is 0. The fourth-order valence-electron chi connectivity index (χ4n) is 3.33. The molecule has 1 aliphatic rings. The van der Waals surface area contributed by atoms with Crippen LogP contribution in [0.1, 0.15) is 46.6 Å². The lowest BCUT2D eigenvalue weighted by Crippen LogP contribution is -2.33. The molecule has 0 amide bonds. The summed E-state index contributed by atoms with van der Waals surface area (Å²) in [5.41, 5.74) is 2.00. The van der Waals surface area contributed by atoms with E-state index in [-0.39, 0.29) is 24.5 Å². The highest BCUT2D eigenvalue weighted by atomic mass is 32.2. The maximum Gasteiger partial charge on any atom is 0.341 e. The molecule has 0 atom stereocenters. The van der Waals surface area contributed by atoms with E-state index < -0.39 is 16.0 Å². The van der Waals surface area contributed by atoms with Crippen LogP contribution in [0.25, 0.3) is 0 Å². The summed E-state index contributed by atoms with van der Waals surface area (Å²) in [5.74, 6) is -0.434. The van der Waals surface area contributed by atoms with Crippen molar-refractivity contribution in [3.63, 3.8) is 0 Å². The average molecular weight is 419 g/mol. The van der Waals surface area contributed by atoms with Crippen LogP contribution in [0.15, 0.2) is 30.5 Å². The molecule has 8 nitrogen and oxygen atoms in total. The Morgan fingerprint density at radius 1 is 1.14 bits per heavy atom. The summed E-state index contributed by atoms with van der Waals surface area (Å²) in [7, 11) is -3.51. The minimum Gasteiger partial charge on any atom is -0.477 e. The van der Waals surface area contributed by atoms with E-state index in [0.29, 0.717) is 5.82 Å². The second-order valence-corrected chi connectivity index (χ2v) is 9.38. The predicted molar refractivity (Wildman–Crippen MR) is 110 cm³/mol. The summed E-state index contributed by atoms with van der Waals surface area (Å²) in [4.78, 5) is 22.2. The SMILES string of the molecule is Cc1ccc(CN(Cc2ncc(C(=O)O)c(N3CCCCC3)n2)S(C)(=O)=O)cc1. The number of carboxylic acids is 1. The third kappa shape index (κ3) is 5.51. The van der Waals surface area contributed by atoms with Gasteiger partial charge in [0.25, 0.3) is 0 Å². The summed E-state index contributed by atoms with van der Waals surface area (Å²) < 4.78 is 26.0. The van der Waals surface area contributed by atoms with Crippen molar-refractivity contribution in [2.45, 2.75) is 39.3 Å². The monoisotopic (exact) mass is 418 g/mol. The van der Waals surface area contributed by atoms with Crippen LogP contribution < -0.4 is 4.90 Å². The zero-order valence-electron chi connectivity index (χ0n) is 16.7. The average Bonchev–Trinajstić information content (AvgIpc) is 2.69. The number of rotatable bonds is 7. The molecule has 3 rings (SSSR count). The van der Waals surface area contributed by atoms with Gasteiger partial charge in [0.05, 0.1) is 12.8 Å². The number of aryl methyl sites for hydroxylation is 1. The summed E-state index contributed by atoms with van der Waals surface area (Å²) in [6.45, 7) is 3.61. The van der Waals surface area contributed by atoms with Gasteiger partial charge in [-0.2, -0.15) is 4.31 Å². The van der Waals surface area contributed by atoms with Crippen LogP contribution in [0.4, 0.5) is 5.82 Å². The molecule has 2 aromatic rings. The van der Waals surface area contributed by atoms with Gasteiger partial charge in [0.15, 0.2) is 0 Å². The zero-order chi connectivity index (χ0) is 21.0. The molecule has 0 spiro atoms. The number of piperidine rings is 1. The number of carboxylic acid groups (broad SMARTS) is 1. The van der Waals surface area contributed by atoms with Gasteiger partial charge < -0.3 is 10.0 Å². The van der Waals surface area contributed by atoms with Gasteiger partial charge in [-0.3, -0.25) is 0 Å². The topological polar surface area (TPSA) is 104 Å². The lowest BCUT2D eigenvalue weighted by molar-refractivity contribution is 0.0696. The highest BCUT2D eigenvalue weighted by molar-refractivity contribution is 7.88. The van der Waals surface area contributed by atoms with Gasteiger partial charge in [-0.25, -0.2) is 23.2 Å². The van der Waals surface area contributed by atoms with Crippen LogP contribution in [-0.4, -0.2) is 53.1 Å². The number of hydrogen-bond acceptors (Lipinski definition) is 6. The highest BCUT2D eigenvalue weighted by Gasteiger charge is 2.24. The van der Waals surface area contributed by atoms with Crippen molar-refractivity contribution in [1.29, 1.82) is 0 Å². The number of aromatic carboxylic acids is 1. The number of sulfonamides is 1. The first kappa shape index (κ1) is 21.2. The molecule has 1 aromatic carbocycles. The first-order chi connectivity index (χ1) is 13.7. The largest absolute Gasteiger partial charge is 0.477 e. The van der Waals surface area contributed by atoms with Gasteiger partial charge in [0.1, 0.15) is 17.2 Å². The smallest absolute Gasteiger partial charge is 0.341 e. The Morgan fingerprint density at radius 3 is 2.38 bits per heavy atom. The minimum atomic E-state index is -3.51. The van der Waals surface area contributed by atoms with Crippen LogP contribution in [0.2, 0.25) is 0 Å². The maximum absolute atomic E-state index is 12.3. The molecule has 2 heterocycles. The predicted octanol–water partition coefficient (Wildman–Crippen LogP) is 2.44. The number of nitrogens with zero attached hydrogens (tertiary/aromatic N) is 4. The normalized spacial score (nSPS) is 14.9. The molecule has 0 saturated carbocycles. The van der Waals surface area contributed by atoms with Crippen molar-refractivity contribution >= 4 is 21.8 Å². The van der Waals surface area contributed by atoms with Crippen LogP contribution in [-0.2, 0) is 23.1 Å². The van der Waals surface area contributed by atoms with E-state index in [0.717, 1.165) is 49.7 Å². The zero-order valence-corrected chi connectivity index (χ0v) is 17.5. The molecule has 1 fully saturated rings. The van der Waals surface area contributed by atoms with Crippen LogP contribution in [0.5, 0.6) is 0 Å². The van der Waals surface area contributed by atoms with E-state index in [1.54, 1.807) is 0 Å². The Hall–Kier alpha value is -2.52. The molecule has 1 aromatic heterocycles. The third-order valence-electron chi connectivity index (χ3n) is 4.97. The lowest BCUT2D eigenvalue weighted by Gasteiger charge is -2.29. The molecule has 0 aliphatic carbocycles. The quantitative estimate of drug-likeness (QED) is 0.736. The molecule has 9 heteroatoms. The molecule has 1 aliphatic heterocycles. The van der Waals surface area contributed by atoms with Crippen molar-refractivity contribution < 1.29 is 18.3 Å². The summed E-state index contributed by atoms with van der Waals surface area (Å²) in [6.07, 6.45) is 5.48. The van der Waals surface area contributed by atoms with Gasteiger partial charge in [-0.1, -0.05) is 29.8 Å². The fourth-order valence-corrected chi connectivity index (χ4v) is 4.06. The Bertz CT molecular complexity index is 970. The molecular weight excluding hydrogens is 392 g/mol. The van der Waals surface area contributed by atoms with E-state index in [9.17, 15) is 18.3 Å². The van der Waals surface area contributed by atoms with Gasteiger partial charge in [-0.15, -0.1) is 0 Å². The Kier molecular flexibility index (Phi) is 6.49. The van der Waals surface area contributed by atoms with Gasteiger partial charge in [0, 0.05) is 25.8 Å². The van der Waals surface area contributed by atoms with E-state index in [4.69, 9.17) is 0 Å². The number of carbonyl (C=O) groups is 1. The van der Waals surface area contributed by atoms with Crippen molar-refractivity contribution in [2.24, 2.45) is 0 Å². The van der Waals surface area contributed by atoms with Gasteiger partial charge >= 0.3 is 5.97 Å².